The number of carbonyl (C=O) groups excluding carboxylic acids is 2. The standard InChI is InChI=1S/C22H27N5O4/c1-15(28)31-13-17-10-7-11-19-25-26-20(27(17)19)18(24-21(29)22(2,3)23)14-30-12-16-8-5-4-6-9-16/h4-11,18H,12-14,23H2,1-3H3,(H,24,29)/t18-/m1/s1. The van der Waals surface area contributed by atoms with Crippen LogP contribution < -0.4 is 11.1 Å². The molecule has 3 rings (SSSR count). The molecule has 31 heavy (non-hydrogen) atoms. The summed E-state index contributed by atoms with van der Waals surface area (Å²) >= 11 is 0. The number of nitrogens with one attached hydrogen (secondary N) is 1. The van der Waals surface area contributed by atoms with E-state index >= 15 is 0 Å². The molecule has 2 aromatic heterocycles. The van der Waals surface area contributed by atoms with E-state index in [9.17, 15) is 9.59 Å². The van der Waals surface area contributed by atoms with Crippen LogP contribution in [0, 0.1) is 0 Å². The van der Waals surface area contributed by atoms with Crippen molar-refractivity contribution in [2.24, 2.45) is 5.73 Å². The van der Waals surface area contributed by atoms with Crippen molar-refractivity contribution in [1.82, 2.24) is 19.9 Å². The molecule has 1 amide bonds. The van der Waals surface area contributed by atoms with Gasteiger partial charge in [-0.3, -0.25) is 14.0 Å². The van der Waals surface area contributed by atoms with E-state index in [-0.39, 0.29) is 19.1 Å². The summed E-state index contributed by atoms with van der Waals surface area (Å²) in [5, 5.41) is 11.4. The summed E-state index contributed by atoms with van der Waals surface area (Å²) in [6.07, 6.45) is 0. The second kappa shape index (κ2) is 9.67. The molecular weight excluding hydrogens is 398 g/mol. The van der Waals surface area contributed by atoms with Crippen molar-refractivity contribution in [2.75, 3.05) is 6.61 Å². The maximum Gasteiger partial charge on any atom is 0.303 e. The van der Waals surface area contributed by atoms with Crippen LogP contribution in [-0.2, 0) is 32.3 Å². The minimum Gasteiger partial charge on any atom is -0.459 e. The summed E-state index contributed by atoms with van der Waals surface area (Å²) in [6, 6.07) is 14.5. The zero-order chi connectivity index (χ0) is 22.4. The molecule has 0 unspecified atom stereocenters. The van der Waals surface area contributed by atoms with E-state index < -0.39 is 17.6 Å². The largest absolute Gasteiger partial charge is 0.459 e. The third kappa shape index (κ3) is 5.87. The predicted octanol–water partition coefficient (Wildman–Crippen LogP) is 1.90. The van der Waals surface area contributed by atoms with E-state index in [2.05, 4.69) is 15.5 Å². The predicted molar refractivity (Wildman–Crippen MR) is 114 cm³/mol. The Morgan fingerprint density at radius 3 is 2.52 bits per heavy atom. The SMILES string of the molecule is CC(=O)OCc1cccc2nnc([C@@H](COCc3ccccc3)NC(=O)C(C)(C)N)n12. The Balaban J connectivity index is 1.89. The number of fused-ring (bicyclic) bond motifs is 1. The Kier molecular flexibility index (Phi) is 6.98. The fourth-order valence-corrected chi connectivity index (χ4v) is 2.94. The van der Waals surface area contributed by atoms with Crippen LogP contribution in [0.2, 0.25) is 0 Å². The van der Waals surface area contributed by atoms with Crippen LogP contribution in [0.4, 0.5) is 0 Å². The lowest BCUT2D eigenvalue weighted by Crippen LogP contribution is -2.51. The van der Waals surface area contributed by atoms with Gasteiger partial charge in [-0.25, -0.2) is 0 Å². The number of amides is 1. The summed E-state index contributed by atoms with van der Waals surface area (Å²) in [5.74, 6) is -0.286. The lowest BCUT2D eigenvalue weighted by Gasteiger charge is -2.24. The van der Waals surface area contributed by atoms with Crippen molar-refractivity contribution < 1.29 is 19.1 Å². The zero-order valence-electron chi connectivity index (χ0n) is 17.9. The van der Waals surface area contributed by atoms with E-state index in [1.165, 1.54) is 6.92 Å². The van der Waals surface area contributed by atoms with Crippen molar-refractivity contribution in [3.05, 3.63) is 65.6 Å². The molecule has 0 bridgehead atoms. The van der Waals surface area contributed by atoms with E-state index in [1.54, 1.807) is 36.4 Å². The number of aromatic nitrogens is 3. The number of esters is 1. The molecule has 0 saturated carbocycles. The molecule has 3 N–H and O–H groups in total. The Bertz CT molecular complexity index is 1040. The highest BCUT2D eigenvalue weighted by molar-refractivity contribution is 5.85. The van der Waals surface area contributed by atoms with Gasteiger partial charge in [0.2, 0.25) is 5.91 Å². The van der Waals surface area contributed by atoms with Crippen LogP contribution in [0.5, 0.6) is 0 Å². The first kappa shape index (κ1) is 22.4. The number of hydrogen-bond acceptors (Lipinski definition) is 7. The van der Waals surface area contributed by atoms with Gasteiger partial charge in [-0.1, -0.05) is 36.4 Å². The number of pyridine rings is 1. The maximum absolute atomic E-state index is 12.6. The first-order valence-corrected chi connectivity index (χ1v) is 9.93. The monoisotopic (exact) mass is 425 g/mol. The molecule has 0 spiro atoms. The van der Waals surface area contributed by atoms with Gasteiger partial charge in [0.1, 0.15) is 12.6 Å². The van der Waals surface area contributed by atoms with Crippen molar-refractivity contribution in [2.45, 2.75) is 45.6 Å². The summed E-state index contributed by atoms with van der Waals surface area (Å²) in [4.78, 5) is 23.9. The van der Waals surface area contributed by atoms with Gasteiger partial charge in [-0.15, -0.1) is 10.2 Å². The van der Waals surface area contributed by atoms with Crippen LogP contribution in [0.15, 0.2) is 48.5 Å². The molecule has 2 heterocycles. The molecule has 0 radical (unpaired) electrons. The van der Waals surface area contributed by atoms with Crippen LogP contribution >= 0.6 is 0 Å². The van der Waals surface area contributed by atoms with Gasteiger partial charge in [-0.05, 0) is 31.5 Å². The summed E-state index contributed by atoms with van der Waals surface area (Å²) < 4.78 is 12.8. The molecule has 1 aromatic carbocycles. The summed E-state index contributed by atoms with van der Waals surface area (Å²) in [6.45, 7) is 5.16. The van der Waals surface area contributed by atoms with E-state index in [4.69, 9.17) is 15.2 Å². The number of hydrogen-bond donors (Lipinski definition) is 2. The van der Waals surface area contributed by atoms with Crippen LogP contribution in [0.3, 0.4) is 0 Å². The first-order valence-electron chi connectivity index (χ1n) is 9.93. The van der Waals surface area contributed by atoms with Gasteiger partial charge in [0, 0.05) is 6.92 Å². The molecular formula is C22H27N5O4. The number of benzene rings is 1. The minimum atomic E-state index is -1.08. The third-order valence-corrected chi connectivity index (χ3v) is 4.56. The fourth-order valence-electron chi connectivity index (χ4n) is 2.94. The van der Waals surface area contributed by atoms with Gasteiger partial charge < -0.3 is 20.5 Å². The molecule has 0 saturated heterocycles. The third-order valence-electron chi connectivity index (χ3n) is 4.56. The lowest BCUT2D eigenvalue weighted by molar-refractivity contribution is -0.142. The Hall–Kier alpha value is -3.30. The normalized spacial score (nSPS) is 12.5. The van der Waals surface area contributed by atoms with E-state index in [0.29, 0.717) is 23.8 Å². The molecule has 164 valence electrons. The minimum absolute atomic E-state index is 0.0473. The molecule has 0 aliphatic carbocycles. The first-order chi connectivity index (χ1) is 14.8. The Morgan fingerprint density at radius 1 is 1.10 bits per heavy atom. The maximum atomic E-state index is 12.6. The van der Waals surface area contributed by atoms with Gasteiger partial charge in [0.05, 0.1) is 24.4 Å². The fraction of sp³-hybridized carbons (Fsp3) is 0.364. The highest BCUT2D eigenvalue weighted by Crippen LogP contribution is 2.18. The number of ether oxygens (including phenoxy) is 2. The molecule has 0 aliphatic rings. The van der Waals surface area contributed by atoms with Gasteiger partial charge >= 0.3 is 5.97 Å². The van der Waals surface area contributed by atoms with E-state index in [1.807, 2.05) is 30.3 Å². The smallest absolute Gasteiger partial charge is 0.303 e. The van der Waals surface area contributed by atoms with Gasteiger partial charge in [-0.2, -0.15) is 0 Å². The average molecular weight is 425 g/mol. The van der Waals surface area contributed by atoms with Crippen molar-refractivity contribution in [3.8, 4) is 0 Å². The molecule has 3 aromatic rings. The van der Waals surface area contributed by atoms with Crippen molar-refractivity contribution in [1.29, 1.82) is 0 Å². The summed E-state index contributed by atoms with van der Waals surface area (Å²) in [5.41, 5.74) is 7.13. The highest BCUT2D eigenvalue weighted by Gasteiger charge is 2.28. The number of nitrogens with two attached hydrogens (primary N) is 1. The van der Waals surface area contributed by atoms with Gasteiger partial charge in [0.15, 0.2) is 11.5 Å². The van der Waals surface area contributed by atoms with E-state index in [0.717, 1.165) is 5.56 Å². The van der Waals surface area contributed by atoms with Gasteiger partial charge in [0.25, 0.3) is 0 Å². The lowest BCUT2D eigenvalue weighted by atomic mass is 10.1. The van der Waals surface area contributed by atoms with Crippen LogP contribution in [0.1, 0.15) is 43.9 Å². The Morgan fingerprint density at radius 2 is 1.84 bits per heavy atom. The second-order valence-corrected chi connectivity index (χ2v) is 7.80. The number of nitrogens with zero attached hydrogens (tertiary/aromatic N) is 3. The molecule has 0 aliphatic heterocycles. The van der Waals surface area contributed by atoms with Crippen molar-refractivity contribution >= 4 is 17.5 Å². The molecule has 9 nitrogen and oxygen atoms in total. The quantitative estimate of drug-likeness (QED) is 0.502. The molecule has 9 heteroatoms. The van der Waals surface area contributed by atoms with Crippen molar-refractivity contribution in [3.63, 3.8) is 0 Å². The molecule has 1 atom stereocenters. The highest BCUT2D eigenvalue weighted by atomic mass is 16.5. The average Bonchev–Trinajstić information content (AvgIpc) is 3.16. The number of carbonyl (C=O) groups is 2. The zero-order valence-corrected chi connectivity index (χ0v) is 17.9. The second-order valence-electron chi connectivity index (χ2n) is 7.80. The van der Waals surface area contributed by atoms with Crippen LogP contribution in [0.25, 0.3) is 5.65 Å². The molecule has 0 fully saturated rings. The number of rotatable bonds is 9. The Labute approximate surface area is 180 Å². The topological polar surface area (TPSA) is 121 Å². The van der Waals surface area contributed by atoms with Crippen LogP contribution in [-0.4, -0.2) is 38.6 Å². The summed E-state index contributed by atoms with van der Waals surface area (Å²) in [7, 11) is 0.